The first kappa shape index (κ1) is 21.9. The van der Waals surface area contributed by atoms with Crippen molar-refractivity contribution < 1.29 is 28.7 Å². The number of H-pyrrole nitrogens is 1. The molecule has 8 nitrogen and oxygen atoms in total. The zero-order valence-electron chi connectivity index (χ0n) is 17.0. The van der Waals surface area contributed by atoms with Crippen LogP contribution < -0.4 is 5.32 Å². The number of Topliss-reactive ketones (excluding diaryl/α,β-unsaturated/α-hetero) is 1. The van der Waals surface area contributed by atoms with Crippen molar-refractivity contribution in [1.29, 1.82) is 0 Å². The van der Waals surface area contributed by atoms with Crippen molar-refractivity contribution in [3.05, 3.63) is 52.3 Å². The van der Waals surface area contributed by atoms with E-state index in [1.54, 1.807) is 45.0 Å². The molecule has 154 valence electrons. The van der Waals surface area contributed by atoms with Crippen LogP contribution in [0.1, 0.15) is 63.2 Å². The number of esters is 2. The van der Waals surface area contributed by atoms with Crippen molar-refractivity contribution in [2.45, 2.75) is 40.7 Å². The van der Waals surface area contributed by atoms with Crippen LogP contribution in [0.5, 0.6) is 0 Å². The van der Waals surface area contributed by atoms with Gasteiger partial charge in [0.05, 0.1) is 12.2 Å². The number of aryl methyl sites for hydroxylation is 1. The summed E-state index contributed by atoms with van der Waals surface area (Å²) in [7, 11) is 0. The molecule has 0 radical (unpaired) electrons. The molecule has 0 saturated heterocycles. The van der Waals surface area contributed by atoms with Gasteiger partial charge in [-0.05, 0) is 57.5 Å². The average molecular weight is 400 g/mol. The lowest BCUT2D eigenvalue weighted by Crippen LogP contribution is -2.25. The van der Waals surface area contributed by atoms with E-state index in [9.17, 15) is 19.2 Å². The molecule has 29 heavy (non-hydrogen) atoms. The summed E-state index contributed by atoms with van der Waals surface area (Å²) in [5.74, 6) is -1.87. The predicted molar refractivity (Wildman–Crippen MR) is 106 cm³/mol. The van der Waals surface area contributed by atoms with Crippen LogP contribution in [-0.2, 0) is 14.3 Å². The van der Waals surface area contributed by atoms with Crippen LogP contribution in [-0.4, -0.2) is 41.3 Å². The van der Waals surface area contributed by atoms with Crippen molar-refractivity contribution in [2.24, 2.45) is 0 Å². The molecule has 2 rings (SSSR count). The van der Waals surface area contributed by atoms with E-state index in [1.807, 2.05) is 0 Å². The van der Waals surface area contributed by atoms with E-state index >= 15 is 0 Å². The minimum Gasteiger partial charge on any atom is -0.462 e. The minimum atomic E-state index is -1.04. The number of aromatic amines is 1. The second-order valence-corrected chi connectivity index (χ2v) is 6.52. The Morgan fingerprint density at radius 3 is 2.24 bits per heavy atom. The number of nitrogens with one attached hydrogen (secondary N) is 2. The van der Waals surface area contributed by atoms with E-state index in [1.165, 1.54) is 13.8 Å². The fourth-order valence-electron chi connectivity index (χ4n) is 2.89. The number of carbonyl (C=O) groups is 4. The van der Waals surface area contributed by atoms with Crippen LogP contribution in [0.25, 0.3) is 0 Å². The van der Waals surface area contributed by atoms with E-state index in [4.69, 9.17) is 9.47 Å². The van der Waals surface area contributed by atoms with E-state index in [0.717, 1.165) is 0 Å². The van der Waals surface area contributed by atoms with Crippen LogP contribution >= 0.6 is 0 Å². The van der Waals surface area contributed by atoms with Gasteiger partial charge in [0.2, 0.25) is 11.7 Å². The highest BCUT2D eigenvalue weighted by Gasteiger charge is 2.26. The third-order valence-electron chi connectivity index (χ3n) is 4.26. The summed E-state index contributed by atoms with van der Waals surface area (Å²) in [6, 6.07) is 6.27. The Morgan fingerprint density at radius 2 is 1.69 bits per heavy atom. The van der Waals surface area contributed by atoms with E-state index < -0.39 is 18.0 Å². The number of amides is 1. The molecule has 8 heteroatoms. The Labute approximate surface area is 168 Å². The molecular formula is C21H24N2O6. The smallest absolute Gasteiger partial charge is 0.355 e. The van der Waals surface area contributed by atoms with Gasteiger partial charge >= 0.3 is 11.9 Å². The van der Waals surface area contributed by atoms with Crippen LogP contribution in [0.2, 0.25) is 0 Å². The number of benzene rings is 1. The fourth-order valence-corrected chi connectivity index (χ4v) is 2.89. The standard InChI is InChI=1S/C21H24N2O6/c1-6-28-20(26)17-11(2)18(22-12(17)3)21(27)29-13(4)19(25)15-7-9-16(10-8-15)23-14(5)24/h7-10,13,22H,6H2,1-5H3,(H,23,24)/t13-/m1/s1. The largest absolute Gasteiger partial charge is 0.462 e. The fraction of sp³-hybridized carbons (Fsp3) is 0.333. The van der Waals surface area contributed by atoms with Gasteiger partial charge in [0.15, 0.2) is 6.10 Å². The number of anilines is 1. The lowest BCUT2D eigenvalue weighted by molar-refractivity contribution is -0.114. The van der Waals surface area contributed by atoms with Crippen LogP contribution in [0.3, 0.4) is 0 Å². The van der Waals surface area contributed by atoms with Gasteiger partial charge in [-0.1, -0.05) is 0 Å². The summed E-state index contributed by atoms with van der Waals surface area (Å²) in [6.07, 6.45) is -1.04. The third kappa shape index (κ3) is 5.10. The Hall–Kier alpha value is -3.42. The maximum absolute atomic E-state index is 12.5. The molecule has 0 bridgehead atoms. The number of rotatable bonds is 7. The summed E-state index contributed by atoms with van der Waals surface area (Å²) in [5.41, 5.74) is 2.18. The van der Waals surface area contributed by atoms with Crippen molar-refractivity contribution in [2.75, 3.05) is 11.9 Å². The van der Waals surface area contributed by atoms with Gasteiger partial charge < -0.3 is 19.8 Å². The molecule has 0 unspecified atom stereocenters. The van der Waals surface area contributed by atoms with E-state index in [0.29, 0.717) is 22.5 Å². The van der Waals surface area contributed by atoms with Gasteiger partial charge in [0.25, 0.3) is 0 Å². The first-order valence-electron chi connectivity index (χ1n) is 9.14. The Morgan fingerprint density at radius 1 is 1.07 bits per heavy atom. The van der Waals surface area contributed by atoms with Crippen LogP contribution in [0, 0.1) is 13.8 Å². The molecule has 0 spiro atoms. The molecule has 2 N–H and O–H groups in total. The zero-order chi connectivity index (χ0) is 21.7. The molecule has 0 aliphatic heterocycles. The number of ketones is 1. The second kappa shape index (κ2) is 9.18. The van der Waals surface area contributed by atoms with E-state index in [2.05, 4.69) is 10.3 Å². The van der Waals surface area contributed by atoms with Crippen molar-refractivity contribution in [1.82, 2.24) is 4.98 Å². The maximum atomic E-state index is 12.5. The van der Waals surface area contributed by atoms with Gasteiger partial charge in [-0.3, -0.25) is 9.59 Å². The Kier molecular flexibility index (Phi) is 6.93. The Balaban J connectivity index is 2.12. The maximum Gasteiger partial charge on any atom is 0.355 e. The van der Waals surface area contributed by atoms with Gasteiger partial charge in [-0.15, -0.1) is 0 Å². The van der Waals surface area contributed by atoms with Crippen LogP contribution in [0.4, 0.5) is 5.69 Å². The molecular weight excluding hydrogens is 376 g/mol. The lowest BCUT2D eigenvalue weighted by atomic mass is 10.1. The van der Waals surface area contributed by atoms with E-state index in [-0.39, 0.29) is 29.6 Å². The minimum absolute atomic E-state index is 0.103. The summed E-state index contributed by atoms with van der Waals surface area (Å²) < 4.78 is 10.3. The molecule has 1 aromatic carbocycles. The predicted octanol–water partition coefficient (Wildman–Crippen LogP) is 3.19. The summed E-state index contributed by atoms with van der Waals surface area (Å²) >= 11 is 0. The van der Waals surface area contributed by atoms with Crippen molar-refractivity contribution in [3.8, 4) is 0 Å². The van der Waals surface area contributed by atoms with Crippen LogP contribution in [0.15, 0.2) is 24.3 Å². The highest BCUT2D eigenvalue weighted by Crippen LogP contribution is 2.21. The van der Waals surface area contributed by atoms with Crippen molar-refractivity contribution >= 4 is 29.3 Å². The Bertz CT molecular complexity index is 943. The summed E-state index contributed by atoms with van der Waals surface area (Å²) in [4.78, 5) is 51.0. The number of ether oxygens (including phenoxy) is 2. The highest BCUT2D eigenvalue weighted by molar-refractivity contribution is 6.03. The monoisotopic (exact) mass is 400 g/mol. The topological polar surface area (TPSA) is 115 Å². The van der Waals surface area contributed by atoms with Gasteiger partial charge in [-0.25, -0.2) is 9.59 Å². The number of hydrogen-bond acceptors (Lipinski definition) is 6. The van der Waals surface area contributed by atoms with Crippen molar-refractivity contribution in [3.63, 3.8) is 0 Å². The first-order valence-corrected chi connectivity index (χ1v) is 9.14. The zero-order valence-corrected chi connectivity index (χ0v) is 17.0. The van der Waals surface area contributed by atoms with Gasteiger partial charge in [-0.2, -0.15) is 0 Å². The third-order valence-corrected chi connectivity index (χ3v) is 4.26. The number of carbonyl (C=O) groups excluding carboxylic acids is 4. The quantitative estimate of drug-likeness (QED) is 0.545. The normalized spacial score (nSPS) is 11.5. The lowest BCUT2D eigenvalue weighted by Gasteiger charge is -2.13. The molecule has 1 amide bonds. The van der Waals surface area contributed by atoms with Gasteiger partial charge in [0, 0.05) is 23.9 Å². The first-order chi connectivity index (χ1) is 13.6. The number of aromatic nitrogens is 1. The molecule has 1 heterocycles. The molecule has 0 aliphatic rings. The number of hydrogen-bond donors (Lipinski definition) is 2. The molecule has 1 atom stereocenters. The molecule has 0 saturated carbocycles. The summed E-state index contributed by atoms with van der Waals surface area (Å²) in [5, 5.41) is 2.61. The molecule has 0 aliphatic carbocycles. The summed E-state index contributed by atoms with van der Waals surface area (Å²) in [6.45, 7) is 8.04. The highest BCUT2D eigenvalue weighted by atomic mass is 16.5. The van der Waals surface area contributed by atoms with Gasteiger partial charge in [0.1, 0.15) is 5.69 Å². The molecule has 0 fully saturated rings. The SMILES string of the molecule is CCOC(=O)c1c(C)[nH]c(C(=O)O[C@H](C)C(=O)c2ccc(NC(C)=O)cc2)c1C. The average Bonchev–Trinajstić information content (AvgIpc) is 2.95. The molecule has 2 aromatic rings. The second-order valence-electron chi connectivity index (χ2n) is 6.52. The molecule has 1 aromatic heterocycles.